The van der Waals surface area contributed by atoms with Crippen molar-refractivity contribution in [2.75, 3.05) is 32.4 Å². The number of thiazole rings is 1. The number of nitrogens with one attached hydrogen (secondary N) is 3. The minimum absolute atomic E-state index is 0. The Morgan fingerprint density at radius 3 is 2.54 bits per heavy atom. The van der Waals surface area contributed by atoms with Gasteiger partial charge in [0, 0.05) is 38.5 Å². The summed E-state index contributed by atoms with van der Waals surface area (Å²) in [5.74, 6) is 0.754. The summed E-state index contributed by atoms with van der Waals surface area (Å²) in [6.07, 6.45) is -0.823. The Morgan fingerprint density at radius 1 is 1.32 bits per heavy atom. The number of nitrogens with zero attached hydrogens (tertiary/aromatic N) is 2. The molecule has 0 aromatic carbocycles. The Hall–Kier alpha value is -0.670. The maximum Gasteiger partial charge on any atom is 0.434 e. The minimum atomic E-state index is -4.43. The molecule has 1 aromatic heterocycles. The van der Waals surface area contributed by atoms with Crippen LogP contribution in [0.2, 0.25) is 0 Å². The molecule has 2 rings (SSSR count). The first-order valence-electron chi connectivity index (χ1n) is 8.63. The van der Waals surface area contributed by atoms with Gasteiger partial charge in [-0.15, -0.1) is 35.3 Å². The molecule has 1 fully saturated rings. The molecule has 0 saturated heterocycles. The van der Waals surface area contributed by atoms with E-state index >= 15 is 0 Å². The first-order chi connectivity index (χ1) is 12.7. The van der Waals surface area contributed by atoms with Gasteiger partial charge in [0.05, 0.1) is 10.8 Å². The van der Waals surface area contributed by atoms with Gasteiger partial charge in [-0.2, -0.15) is 13.2 Å². The van der Waals surface area contributed by atoms with Crippen LogP contribution in [0.25, 0.3) is 0 Å². The lowest BCUT2D eigenvalue weighted by molar-refractivity contribution is -0.140. The molecule has 3 N–H and O–H groups in total. The van der Waals surface area contributed by atoms with Gasteiger partial charge >= 0.3 is 6.18 Å². The molecule has 162 valence electrons. The molecular weight excluding hydrogens is 530 g/mol. The maximum absolute atomic E-state index is 12.5. The first kappa shape index (κ1) is 25.4. The van der Waals surface area contributed by atoms with Gasteiger partial charge in [0.15, 0.2) is 11.7 Å². The number of halogens is 4. The number of rotatable bonds is 9. The van der Waals surface area contributed by atoms with Crippen molar-refractivity contribution in [2.24, 2.45) is 10.9 Å². The van der Waals surface area contributed by atoms with E-state index in [0.717, 1.165) is 36.0 Å². The van der Waals surface area contributed by atoms with Crippen molar-refractivity contribution in [1.29, 1.82) is 0 Å². The zero-order chi connectivity index (χ0) is 19.9. The molecule has 7 nitrogen and oxygen atoms in total. The number of guanidine groups is 1. The lowest BCUT2D eigenvalue weighted by Gasteiger charge is -2.25. The van der Waals surface area contributed by atoms with Crippen LogP contribution in [0.15, 0.2) is 10.4 Å². The normalized spacial score (nSPS) is 15.6. The van der Waals surface area contributed by atoms with E-state index in [1.807, 2.05) is 0 Å². The number of sulfonamides is 1. The average Bonchev–Trinajstić information content (AvgIpc) is 3.01. The van der Waals surface area contributed by atoms with Crippen LogP contribution in [0.1, 0.15) is 30.0 Å². The summed E-state index contributed by atoms with van der Waals surface area (Å²) >= 11 is 0.952. The van der Waals surface area contributed by atoms with E-state index in [9.17, 15) is 21.6 Å². The van der Waals surface area contributed by atoms with Gasteiger partial charge in [-0.1, -0.05) is 6.42 Å². The van der Waals surface area contributed by atoms with Crippen molar-refractivity contribution in [2.45, 2.75) is 31.9 Å². The van der Waals surface area contributed by atoms with Crippen LogP contribution < -0.4 is 15.4 Å². The molecule has 1 saturated carbocycles. The second-order valence-electron chi connectivity index (χ2n) is 6.26. The lowest BCUT2D eigenvalue weighted by Crippen LogP contribution is -2.42. The van der Waals surface area contributed by atoms with Crippen LogP contribution in [-0.2, 0) is 22.6 Å². The van der Waals surface area contributed by atoms with Crippen molar-refractivity contribution in [3.8, 4) is 0 Å². The zero-order valence-corrected chi connectivity index (χ0v) is 19.3. The summed E-state index contributed by atoms with van der Waals surface area (Å²) in [6.45, 7) is 0.995. The zero-order valence-electron chi connectivity index (χ0n) is 15.4. The van der Waals surface area contributed by atoms with Gasteiger partial charge in [0.25, 0.3) is 0 Å². The smallest absolute Gasteiger partial charge is 0.356 e. The van der Waals surface area contributed by atoms with E-state index in [-0.39, 0.29) is 36.3 Å². The molecule has 28 heavy (non-hydrogen) atoms. The van der Waals surface area contributed by atoms with Crippen LogP contribution in [0.3, 0.4) is 0 Å². The Morgan fingerprint density at radius 2 is 2.00 bits per heavy atom. The van der Waals surface area contributed by atoms with Gasteiger partial charge in [0.1, 0.15) is 0 Å². The van der Waals surface area contributed by atoms with Gasteiger partial charge in [-0.25, -0.2) is 18.1 Å². The lowest BCUT2D eigenvalue weighted by atomic mass is 9.86. The van der Waals surface area contributed by atoms with Crippen LogP contribution in [0, 0.1) is 5.92 Å². The number of aliphatic imine (C=N–C) groups is 1. The molecule has 1 aromatic rings. The van der Waals surface area contributed by atoms with Crippen LogP contribution in [-0.4, -0.2) is 51.8 Å². The highest BCUT2D eigenvalue weighted by molar-refractivity contribution is 14.0. The van der Waals surface area contributed by atoms with Crippen molar-refractivity contribution in [1.82, 2.24) is 20.3 Å². The molecule has 1 aliphatic rings. The standard InChI is InChI=1S/C15H24F3N5O2S2.HI/c1-19-14(20-6-5-13-23-12(10-26-13)15(16,17)18)21-7-8-27(24,25)22-9-11-3-2-4-11;/h10-11,22H,2-9H2,1H3,(H2,19,20,21);1H. The Labute approximate surface area is 184 Å². The van der Waals surface area contributed by atoms with Crippen LogP contribution in [0.5, 0.6) is 0 Å². The molecule has 0 bridgehead atoms. The van der Waals surface area contributed by atoms with Gasteiger partial charge in [-0.05, 0) is 18.8 Å². The second-order valence-corrected chi connectivity index (χ2v) is 9.13. The predicted octanol–water partition coefficient (Wildman–Crippen LogP) is 2.21. The summed E-state index contributed by atoms with van der Waals surface area (Å²) < 4.78 is 64.0. The largest absolute Gasteiger partial charge is 0.434 e. The second kappa shape index (κ2) is 11.5. The molecule has 1 aliphatic carbocycles. The van der Waals surface area contributed by atoms with Gasteiger partial charge in [0.2, 0.25) is 10.0 Å². The van der Waals surface area contributed by atoms with Crippen molar-refractivity contribution < 1.29 is 21.6 Å². The number of alkyl halides is 3. The molecule has 13 heteroatoms. The molecule has 0 radical (unpaired) electrons. The Balaban J connectivity index is 0.00000392. The molecule has 0 atom stereocenters. The fourth-order valence-corrected chi connectivity index (χ4v) is 4.19. The number of hydrogen-bond acceptors (Lipinski definition) is 5. The summed E-state index contributed by atoms with van der Waals surface area (Å²) in [5, 5.41) is 7.17. The topological polar surface area (TPSA) is 95.5 Å². The summed E-state index contributed by atoms with van der Waals surface area (Å²) in [7, 11) is -1.81. The van der Waals surface area contributed by atoms with E-state index in [1.54, 1.807) is 0 Å². The van der Waals surface area contributed by atoms with E-state index in [4.69, 9.17) is 0 Å². The average molecular weight is 555 g/mol. The molecule has 1 heterocycles. The summed E-state index contributed by atoms with van der Waals surface area (Å²) in [6, 6.07) is 0. The highest BCUT2D eigenvalue weighted by Gasteiger charge is 2.33. The monoisotopic (exact) mass is 555 g/mol. The van der Waals surface area contributed by atoms with Crippen LogP contribution >= 0.6 is 35.3 Å². The quantitative estimate of drug-likeness (QED) is 0.247. The van der Waals surface area contributed by atoms with E-state index in [2.05, 4.69) is 25.3 Å². The van der Waals surface area contributed by atoms with Gasteiger partial charge in [-0.3, -0.25) is 4.99 Å². The molecule has 0 amide bonds. The van der Waals surface area contributed by atoms with E-state index < -0.39 is 21.9 Å². The van der Waals surface area contributed by atoms with Crippen LogP contribution in [0.4, 0.5) is 13.2 Å². The van der Waals surface area contributed by atoms with Gasteiger partial charge < -0.3 is 10.6 Å². The third-order valence-electron chi connectivity index (χ3n) is 4.18. The fourth-order valence-electron chi connectivity index (χ4n) is 2.38. The van der Waals surface area contributed by atoms with E-state index in [1.165, 1.54) is 7.05 Å². The highest BCUT2D eigenvalue weighted by Crippen LogP contribution is 2.30. The number of hydrogen-bond donors (Lipinski definition) is 3. The predicted molar refractivity (Wildman–Crippen MR) is 115 cm³/mol. The third kappa shape index (κ3) is 8.78. The maximum atomic E-state index is 12.5. The van der Waals surface area contributed by atoms with Crippen molar-refractivity contribution in [3.63, 3.8) is 0 Å². The Bertz CT molecular complexity index is 736. The first-order valence-corrected chi connectivity index (χ1v) is 11.2. The molecule has 0 spiro atoms. The highest BCUT2D eigenvalue weighted by atomic mass is 127. The Kier molecular flexibility index (Phi) is 10.4. The minimum Gasteiger partial charge on any atom is -0.356 e. The fraction of sp³-hybridized carbons (Fsp3) is 0.733. The SMILES string of the molecule is CN=C(NCCc1nc(C(F)(F)F)cs1)NCCS(=O)(=O)NCC1CCC1.I. The third-order valence-corrected chi connectivity index (χ3v) is 6.43. The van der Waals surface area contributed by atoms with E-state index in [0.29, 0.717) is 36.4 Å². The summed E-state index contributed by atoms with van der Waals surface area (Å²) in [4.78, 5) is 7.51. The summed E-state index contributed by atoms with van der Waals surface area (Å²) in [5.41, 5.74) is -0.885. The molecule has 0 unspecified atom stereocenters. The molecular formula is C15H25F3IN5O2S2. The van der Waals surface area contributed by atoms with Crippen molar-refractivity contribution in [3.05, 3.63) is 16.1 Å². The molecule has 0 aliphatic heterocycles. The number of aromatic nitrogens is 1. The van der Waals surface area contributed by atoms with Crippen molar-refractivity contribution >= 4 is 51.3 Å².